The van der Waals surface area contributed by atoms with E-state index in [4.69, 9.17) is 4.42 Å². The van der Waals surface area contributed by atoms with Gasteiger partial charge in [-0.25, -0.2) is 0 Å². The summed E-state index contributed by atoms with van der Waals surface area (Å²) in [6.07, 6.45) is 4.36. The summed E-state index contributed by atoms with van der Waals surface area (Å²) in [6.45, 7) is 4.70. The Bertz CT molecular complexity index is 505. The number of thiophene rings is 1. The van der Waals surface area contributed by atoms with Gasteiger partial charge in [-0.1, -0.05) is 6.07 Å². The molecule has 102 valence electrons. The van der Waals surface area contributed by atoms with Crippen LogP contribution in [0.4, 0.5) is 6.01 Å². The zero-order valence-corrected chi connectivity index (χ0v) is 11.9. The maximum absolute atomic E-state index is 5.60. The highest BCUT2D eigenvalue weighted by atomic mass is 32.1. The van der Waals surface area contributed by atoms with Crippen molar-refractivity contribution in [3.63, 3.8) is 0 Å². The van der Waals surface area contributed by atoms with E-state index in [1.54, 1.807) is 17.6 Å². The molecule has 19 heavy (non-hydrogen) atoms. The van der Waals surface area contributed by atoms with E-state index < -0.39 is 0 Å². The number of anilines is 1. The molecule has 0 spiro atoms. The highest BCUT2D eigenvalue weighted by Gasteiger charge is 2.21. The maximum atomic E-state index is 5.60. The second-order valence-electron chi connectivity index (χ2n) is 4.87. The molecule has 4 nitrogen and oxygen atoms in total. The molecule has 3 rings (SSSR count). The van der Waals surface area contributed by atoms with Gasteiger partial charge in [0.15, 0.2) is 0 Å². The lowest BCUT2D eigenvalue weighted by Gasteiger charge is -2.17. The molecular formula is C14H19N3OS. The lowest BCUT2D eigenvalue weighted by Crippen LogP contribution is -2.22. The number of nitrogens with one attached hydrogen (secondary N) is 1. The van der Waals surface area contributed by atoms with Gasteiger partial charge in [-0.3, -0.25) is 0 Å². The molecule has 2 heterocycles. The van der Waals surface area contributed by atoms with Crippen LogP contribution in [0.25, 0.3) is 0 Å². The minimum absolute atomic E-state index is 0.702. The first-order valence-electron chi connectivity index (χ1n) is 6.80. The van der Waals surface area contributed by atoms with Crippen LogP contribution >= 0.6 is 11.3 Å². The van der Waals surface area contributed by atoms with Crippen molar-refractivity contribution in [1.29, 1.82) is 0 Å². The lowest BCUT2D eigenvalue weighted by atomic mass is 10.4. The Morgan fingerprint density at radius 2 is 2.42 bits per heavy atom. The van der Waals surface area contributed by atoms with Gasteiger partial charge in [-0.05, 0) is 31.2 Å². The summed E-state index contributed by atoms with van der Waals surface area (Å²) < 4.78 is 5.60. The Labute approximate surface area is 117 Å². The number of rotatable bonds is 7. The molecule has 5 heteroatoms. The Balaban J connectivity index is 1.61. The summed E-state index contributed by atoms with van der Waals surface area (Å²) in [5.41, 5.74) is 0.992. The molecule has 0 radical (unpaired) electrons. The summed E-state index contributed by atoms with van der Waals surface area (Å²) in [7, 11) is 0. The second kappa shape index (κ2) is 5.75. The van der Waals surface area contributed by atoms with Gasteiger partial charge in [0.2, 0.25) is 0 Å². The average Bonchev–Trinajstić information content (AvgIpc) is 2.92. The van der Waals surface area contributed by atoms with Crippen LogP contribution < -0.4 is 10.2 Å². The normalized spacial score (nSPS) is 14.8. The predicted molar refractivity (Wildman–Crippen MR) is 77.4 cm³/mol. The number of nitrogens with zero attached hydrogens (tertiary/aromatic N) is 2. The van der Waals surface area contributed by atoms with Gasteiger partial charge in [-0.15, -0.1) is 11.3 Å². The minimum atomic E-state index is 0.702. The van der Waals surface area contributed by atoms with Crippen molar-refractivity contribution in [2.24, 2.45) is 0 Å². The second-order valence-corrected chi connectivity index (χ2v) is 5.90. The van der Waals surface area contributed by atoms with Crippen molar-refractivity contribution in [1.82, 2.24) is 10.3 Å². The summed E-state index contributed by atoms with van der Waals surface area (Å²) in [6, 6.07) is 5.65. The van der Waals surface area contributed by atoms with Crippen molar-refractivity contribution in [2.45, 2.75) is 38.9 Å². The Morgan fingerprint density at radius 1 is 1.53 bits per heavy atom. The fourth-order valence-electron chi connectivity index (χ4n) is 1.96. The van der Waals surface area contributed by atoms with Gasteiger partial charge in [0.25, 0.3) is 6.01 Å². The molecule has 0 aliphatic heterocycles. The zero-order chi connectivity index (χ0) is 13.1. The molecule has 0 amide bonds. The minimum Gasteiger partial charge on any atom is -0.432 e. The zero-order valence-electron chi connectivity index (χ0n) is 11.1. The Hall–Kier alpha value is -1.33. The molecule has 1 fully saturated rings. The van der Waals surface area contributed by atoms with Crippen LogP contribution in [0, 0.1) is 0 Å². The standard InChI is InChI=1S/C14H19N3OS/c1-2-17(9-13-4-3-7-19-13)14-16-12(10-18-14)8-15-11-5-6-11/h3-4,7,10-11,15H,2,5-6,8-9H2,1H3. The first-order valence-corrected chi connectivity index (χ1v) is 7.68. The molecule has 1 N–H and O–H groups in total. The molecular weight excluding hydrogens is 258 g/mol. The fraction of sp³-hybridized carbons (Fsp3) is 0.500. The van der Waals surface area contributed by atoms with Crippen molar-refractivity contribution >= 4 is 17.4 Å². The average molecular weight is 277 g/mol. The molecule has 0 bridgehead atoms. The highest BCUT2D eigenvalue weighted by molar-refractivity contribution is 7.09. The van der Waals surface area contributed by atoms with Crippen molar-refractivity contribution < 1.29 is 4.42 Å². The monoisotopic (exact) mass is 277 g/mol. The molecule has 0 atom stereocenters. The van der Waals surface area contributed by atoms with E-state index in [-0.39, 0.29) is 0 Å². The van der Waals surface area contributed by atoms with Crippen molar-refractivity contribution in [3.8, 4) is 0 Å². The van der Waals surface area contributed by atoms with E-state index in [2.05, 4.69) is 39.6 Å². The Kier molecular flexibility index (Phi) is 3.84. The van der Waals surface area contributed by atoms with E-state index in [1.807, 2.05) is 0 Å². The molecule has 1 aliphatic carbocycles. The SMILES string of the molecule is CCN(Cc1cccs1)c1nc(CNC2CC2)co1. The quantitative estimate of drug-likeness (QED) is 0.844. The maximum Gasteiger partial charge on any atom is 0.297 e. The van der Waals surface area contributed by atoms with Crippen LogP contribution in [0.2, 0.25) is 0 Å². The van der Waals surface area contributed by atoms with Gasteiger partial charge < -0.3 is 14.6 Å². The van der Waals surface area contributed by atoms with Crippen LogP contribution in [-0.2, 0) is 13.1 Å². The largest absolute Gasteiger partial charge is 0.432 e. The third kappa shape index (κ3) is 3.36. The molecule has 1 saturated carbocycles. The van der Waals surface area contributed by atoms with E-state index in [9.17, 15) is 0 Å². The number of hydrogen-bond donors (Lipinski definition) is 1. The molecule has 2 aromatic heterocycles. The third-order valence-corrected chi connectivity index (χ3v) is 4.13. The first-order chi connectivity index (χ1) is 9.35. The molecule has 2 aromatic rings. The summed E-state index contributed by atoms with van der Waals surface area (Å²) in [5.74, 6) is 0. The van der Waals surface area contributed by atoms with Crippen LogP contribution in [0.15, 0.2) is 28.2 Å². The van der Waals surface area contributed by atoms with Gasteiger partial charge in [-0.2, -0.15) is 4.98 Å². The highest BCUT2D eigenvalue weighted by Crippen LogP contribution is 2.21. The number of aromatic nitrogens is 1. The van der Waals surface area contributed by atoms with Crippen molar-refractivity contribution in [2.75, 3.05) is 11.4 Å². The number of oxazole rings is 1. The van der Waals surface area contributed by atoms with Crippen LogP contribution in [0.1, 0.15) is 30.3 Å². The smallest absolute Gasteiger partial charge is 0.297 e. The van der Waals surface area contributed by atoms with E-state index in [1.165, 1.54) is 17.7 Å². The van der Waals surface area contributed by atoms with Gasteiger partial charge in [0.05, 0.1) is 12.2 Å². The van der Waals surface area contributed by atoms with Crippen LogP contribution in [-0.4, -0.2) is 17.6 Å². The topological polar surface area (TPSA) is 41.3 Å². The lowest BCUT2D eigenvalue weighted by molar-refractivity contribution is 0.534. The number of hydrogen-bond acceptors (Lipinski definition) is 5. The summed E-state index contributed by atoms with van der Waals surface area (Å²) in [5, 5.41) is 5.55. The van der Waals surface area contributed by atoms with Crippen molar-refractivity contribution in [3.05, 3.63) is 34.3 Å². The summed E-state index contributed by atoms with van der Waals surface area (Å²) in [4.78, 5) is 8.05. The van der Waals surface area contributed by atoms with E-state index in [0.717, 1.165) is 31.3 Å². The fourth-order valence-corrected chi connectivity index (χ4v) is 2.68. The predicted octanol–water partition coefficient (Wildman–Crippen LogP) is 3.01. The molecule has 1 aliphatic rings. The molecule has 0 unspecified atom stereocenters. The van der Waals surface area contributed by atoms with Gasteiger partial charge >= 0.3 is 0 Å². The van der Waals surface area contributed by atoms with E-state index in [0.29, 0.717) is 6.04 Å². The third-order valence-electron chi connectivity index (χ3n) is 3.27. The van der Waals surface area contributed by atoms with Gasteiger partial charge in [0, 0.05) is 24.0 Å². The first kappa shape index (κ1) is 12.7. The van der Waals surface area contributed by atoms with Crippen LogP contribution in [0.5, 0.6) is 0 Å². The van der Waals surface area contributed by atoms with Gasteiger partial charge in [0.1, 0.15) is 6.26 Å². The molecule has 0 aromatic carbocycles. The summed E-state index contributed by atoms with van der Waals surface area (Å²) >= 11 is 1.77. The Morgan fingerprint density at radius 3 is 3.11 bits per heavy atom. The van der Waals surface area contributed by atoms with Crippen LogP contribution in [0.3, 0.4) is 0 Å². The molecule has 0 saturated heterocycles. The van der Waals surface area contributed by atoms with E-state index >= 15 is 0 Å².